The summed E-state index contributed by atoms with van der Waals surface area (Å²) < 4.78 is 14.2. The number of rotatable bonds is 4. The third kappa shape index (κ3) is 2.92. The summed E-state index contributed by atoms with van der Waals surface area (Å²) in [5, 5.41) is 1.15. The number of hydrogen-bond donors (Lipinski definition) is 0. The Balaban J connectivity index is 1.75. The van der Waals surface area contributed by atoms with Crippen LogP contribution in [0.2, 0.25) is 0 Å². The van der Waals surface area contributed by atoms with Crippen LogP contribution >= 0.6 is 11.8 Å². The summed E-state index contributed by atoms with van der Waals surface area (Å²) in [5.74, 6) is -0.250. The van der Waals surface area contributed by atoms with Crippen molar-refractivity contribution < 1.29 is 9.18 Å². The molecule has 1 saturated carbocycles. The number of benzene rings is 2. The predicted octanol–water partition coefficient (Wildman–Crippen LogP) is 6.24. The number of hydrogen-bond acceptors (Lipinski definition) is 3. The fraction of sp³-hybridized carbons (Fsp3) is 0.273. The van der Waals surface area contributed by atoms with E-state index in [4.69, 9.17) is 0 Å². The van der Waals surface area contributed by atoms with Crippen LogP contribution in [0, 0.1) is 11.2 Å². The van der Waals surface area contributed by atoms with Crippen molar-refractivity contribution in [2.75, 3.05) is 0 Å². The highest BCUT2D eigenvalue weighted by molar-refractivity contribution is 8.14. The zero-order valence-electron chi connectivity index (χ0n) is 14.7. The molecule has 4 heteroatoms. The van der Waals surface area contributed by atoms with Crippen molar-refractivity contribution >= 4 is 27.8 Å². The summed E-state index contributed by atoms with van der Waals surface area (Å²) in [6.07, 6.45) is 5.73. The van der Waals surface area contributed by atoms with Gasteiger partial charge in [-0.1, -0.05) is 49.4 Å². The van der Waals surface area contributed by atoms with Gasteiger partial charge in [-0.3, -0.25) is 9.78 Å². The van der Waals surface area contributed by atoms with Gasteiger partial charge in [0, 0.05) is 27.5 Å². The van der Waals surface area contributed by atoms with Gasteiger partial charge in [0.1, 0.15) is 5.82 Å². The first-order valence-corrected chi connectivity index (χ1v) is 9.80. The lowest BCUT2D eigenvalue weighted by molar-refractivity contribution is -0.124. The van der Waals surface area contributed by atoms with Gasteiger partial charge in [-0.25, -0.2) is 4.39 Å². The highest BCUT2D eigenvalue weighted by Gasteiger charge is 2.42. The van der Waals surface area contributed by atoms with Gasteiger partial charge in [-0.2, -0.15) is 0 Å². The van der Waals surface area contributed by atoms with E-state index >= 15 is 0 Å². The van der Waals surface area contributed by atoms with Crippen LogP contribution in [0.15, 0.2) is 59.6 Å². The Hall–Kier alpha value is -2.20. The second-order valence-electron chi connectivity index (χ2n) is 6.90. The fourth-order valence-electron chi connectivity index (χ4n) is 3.59. The van der Waals surface area contributed by atoms with Crippen LogP contribution in [0.5, 0.6) is 0 Å². The molecule has 0 aliphatic heterocycles. The molecule has 2 nitrogen and oxygen atoms in total. The number of thioether (sulfide) groups is 1. The minimum atomic E-state index is -0.250. The zero-order chi connectivity index (χ0) is 18.1. The smallest absolute Gasteiger partial charge is 0.199 e. The molecule has 1 fully saturated rings. The number of carbonyl (C=O) groups excluding carboxylic acids is 1. The number of nitrogens with zero attached hydrogens (tertiary/aromatic N) is 1. The van der Waals surface area contributed by atoms with Crippen LogP contribution in [0.25, 0.3) is 22.0 Å². The molecule has 0 N–H and O–H groups in total. The minimum absolute atomic E-state index is 0.163. The molecule has 3 aromatic rings. The van der Waals surface area contributed by atoms with Gasteiger partial charge in [0.05, 0.1) is 5.52 Å². The molecule has 4 rings (SSSR count). The number of pyridine rings is 1. The van der Waals surface area contributed by atoms with Crippen molar-refractivity contribution in [1.29, 1.82) is 0 Å². The van der Waals surface area contributed by atoms with E-state index in [1.165, 1.54) is 17.8 Å². The van der Waals surface area contributed by atoms with Crippen LogP contribution in [0.1, 0.15) is 32.6 Å². The van der Waals surface area contributed by atoms with E-state index in [2.05, 4.69) is 11.9 Å². The van der Waals surface area contributed by atoms with Gasteiger partial charge in [0.15, 0.2) is 5.12 Å². The largest absolute Gasteiger partial charge is 0.286 e. The summed E-state index contributed by atoms with van der Waals surface area (Å²) in [6, 6.07) is 14.3. The first-order chi connectivity index (χ1) is 12.6. The van der Waals surface area contributed by atoms with Crippen molar-refractivity contribution in [2.24, 2.45) is 5.41 Å². The number of aromatic nitrogens is 1. The Bertz CT molecular complexity index is 975. The molecule has 1 aliphatic rings. The maximum atomic E-state index is 14.2. The second-order valence-corrected chi connectivity index (χ2v) is 7.91. The van der Waals surface area contributed by atoms with E-state index in [1.807, 2.05) is 30.3 Å². The quantitative estimate of drug-likeness (QED) is 0.513. The van der Waals surface area contributed by atoms with Gasteiger partial charge in [0.2, 0.25) is 0 Å². The Morgan fingerprint density at radius 1 is 1.19 bits per heavy atom. The second kappa shape index (κ2) is 6.84. The molecule has 0 atom stereocenters. The monoisotopic (exact) mass is 365 g/mol. The topological polar surface area (TPSA) is 30.0 Å². The van der Waals surface area contributed by atoms with Crippen LogP contribution in [-0.4, -0.2) is 10.1 Å². The molecule has 0 radical (unpaired) electrons. The summed E-state index contributed by atoms with van der Waals surface area (Å²) >= 11 is 1.32. The third-order valence-corrected chi connectivity index (χ3v) is 6.70. The molecule has 1 heterocycles. The predicted molar refractivity (Wildman–Crippen MR) is 105 cm³/mol. The van der Waals surface area contributed by atoms with E-state index in [9.17, 15) is 9.18 Å². The normalized spacial score (nSPS) is 15.6. The van der Waals surface area contributed by atoms with E-state index in [0.717, 1.165) is 47.0 Å². The SMILES string of the molecule is CCC1(C(=O)Sc2ccnc3ccc(-c4ccccc4F)cc23)CCC1. The number of halogens is 1. The Morgan fingerprint density at radius 2 is 2.00 bits per heavy atom. The van der Waals surface area contributed by atoms with Gasteiger partial charge < -0.3 is 0 Å². The van der Waals surface area contributed by atoms with Crippen LogP contribution in [0.3, 0.4) is 0 Å². The molecule has 1 aromatic heterocycles. The van der Waals surface area contributed by atoms with Gasteiger partial charge in [0.25, 0.3) is 0 Å². The molecule has 0 saturated heterocycles. The minimum Gasteiger partial charge on any atom is -0.286 e. The first-order valence-electron chi connectivity index (χ1n) is 8.99. The first kappa shape index (κ1) is 17.2. The van der Waals surface area contributed by atoms with E-state index < -0.39 is 0 Å². The van der Waals surface area contributed by atoms with E-state index in [0.29, 0.717) is 5.56 Å². The van der Waals surface area contributed by atoms with Crippen molar-refractivity contribution in [2.45, 2.75) is 37.5 Å². The van der Waals surface area contributed by atoms with Crippen molar-refractivity contribution in [3.8, 4) is 11.1 Å². The van der Waals surface area contributed by atoms with Crippen molar-refractivity contribution in [3.63, 3.8) is 0 Å². The lowest BCUT2D eigenvalue weighted by Gasteiger charge is -2.39. The summed E-state index contributed by atoms with van der Waals surface area (Å²) in [7, 11) is 0. The molecule has 26 heavy (non-hydrogen) atoms. The van der Waals surface area contributed by atoms with Gasteiger partial charge in [-0.05, 0) is 49.1 Å². The van der Waals surface area contributed by atoms with E-state index in [-0.39, 0.29) is 16.3 Å². The average Bonchev–Trinajstić information content (AvgIpc) is 2.62. The van der Waals surface area contributed by atoms with Crippen LogP contribution in [0.4, 0.5) is 4.39 Å². The summed E-state index contributed by atoms with van der Waals surface area (Å²) in [4.78, 5) is 18.2. The molecule has 0 unspecified atom stereocenters. The van der Waals surface area contributed by atoms with Crippen LogP contribution < -0.4 is 0 Å². The molecule has 132 valence electrons. The highest BCUT2D eigenvalue weighted by atomic mass is 32.2. The molecule has 2 aromatic carbocycles. The Morgan fingerprint density at radius 3 is 2.69 bits per heavy atom. The summed E-state index contributed by atoms with van der Waals surface area (Å²) in [6.45, 7) is 2.10. The Kier molecular flexibility index (Phi) is 4.53. The van der Waals surface area contributed by atoms with Crippen molar-refractivity contribution in [1.82, 2.24) is 4.98 Å². The maximum Gasteiger partial charge on any atom is 0.199 e. The van der Waals surface area contributed by atoms with Crippen molar-refractivity contribution in [3.05, 3.63) is 60.5 Å². The average molecular weight is 365 g/mol. The number of carbonyl (C=O) groups is 1. The lowest BCUT2D eigenvalue weighted by Crippen LogP contribution is -2.35. The summed E-state index contributed by atoms with van der Waals surface area (Å²) in [5.41, 5.74) is 2.02. The molecule has 0 spiro atoms. The van der Waals surface area contributed by atoms with Crippen LogP contribution in [-0.2, 0) is 4.79 Å². The zero-order valence-corrected chi connectivity index (χ0v) is 15.5. The molecular formula is C22H20FNOS. The number of fused-ring (bicyclic) bond motifs is 1. The van der Waals surface area contributed by atoms with Gasteiger partial charge in [-0.15, -0.1) is 0 Å². The highest BCUT2D eigenvalue weighted by Crippen LogP contribution is 2.49. The maximum absolute atomic E-state index is 14.2. The molecule has 0 bridgehead atoms. The lowest BCUT2D eigenvalue weighted by atomic mass is 9.68. The molecule has 0 amide bonds. The van der Waals surface area contributed by atoms with Gasteiger partial charge >= 0.3 is 0 Å². The Labute approximate surface area is 156 Å². The molecule has 1 aliphatic carbocycles. The molecular weight excluding hydrogens is 345 g/mol. The standard InChI is InChI=1S/C22H20FNOS/c1-2-22(11-5-12-22)21(25)26-20-10-13-24-19-9-8-15(14-17(19)20)16-6-3-4-7-18(16)23/h3-4,6-10,13-14H,2,5,11-12H2,1H3. The van der Waals surface area contributed by atoms with E-state index in [1.54, 1.807) is 18.3 Å². The fourth-order valence-corrected chi connectivity index (χ4v) is 4.75. The third-order valence-electron chi connectivity index (χ3n) is 5.51.